The van der Waals surface area contributed by atoms with Gasteiger partial charge in [-0.1, -0.05) is 30.3 Å². The molecule has 1 aliphatic rings. The van der Waals surface area contributed by atoms with Crippen LogP contribution in [0.1, 0.15) is 33.3 Å². The van der Waals surface area contributed by atoms with Crippen LogP contribution in [0.2, 0.25) is 0 Å². The molecule has 1 fully saturated rings. The molecule has 6 nitrogen and oxygen atoms in total. The normalized spacial score (nSPS) is 16.5. The number of hydrogen-bond donors (Lipinski definition) is 0. The van der Waals surface area contributed by atoms with Crippen molar-refractivity contribution < 1.29 is 4.79 Å². The third-order valence-electron chi connectivity index (χ3n) is 5.85. The van der Waals surface area contributed by atoms with Crippen molar-refractivity contribution in [1.29, 1.82) is 0 Å². The van der Waals surface area contributed by atoms with Crippen LogP contribution >= 0.6 is 11.3 Å². The summed E-state index contributed by atoms with van der Waals surface area (Å²) in [7, 11) is 3.61. The molecule has 7 heteroatoms. The Morgan fingerprint density at radius 3 is 2.67 bits per heavy atom. The van der Waals surface area contributed by atoms with E-state index in [9.17, 15) is 4.79 Å². The van der Waals surface area contributed by atoms with Gasteiger partial charge in [0.25, 0.3) is 5.91 Å². The summed E-state index contributed by atoms with van der Waals surface area (Å²) in [6, 6.07) is 12.3. The largest absolute Gasteiger partial charge is 0.354 e. The molecule has 1 aromatic carbocycles. The molecule has 3 aromatic heterocycles. The number of nitrogens with zero attached hydrogens (tertiary/aromatic N) is 5. The second kappa shape index (κ2) is 7.32. The molecule has 30 heavy (non-hydrogen) atoms. The molecule has 0 aliphatic carbocycles. The maximum absolute atomic E-state index is 12.9. The Balaban J connectivity index is 1.56. The fourth-order valence-electron chi connectivity index (χ4n) is 4.36. The molecule has 152 valence electrons. The number of thiophene rings is 1. The first kappa shape index (κ1) is 18.9. The van der Waals surface area contributed by atoms with Crippen LogP contribution in [0.3, 0.4) is 0 Å². The van der Waals surface area contributed by atoms with Crippen LogP contribution in [-0.2, 0) is 0 Å². The van der Waals surface area contributed by atoms with E-state index in [1.54, 1.807) is 25.2 Å². The summed E-state index contributed by atoms with van der Waals surface area (Å²) in [5, 5.41) is 12.3. The smallest absolute Gasteiger partial charge is 0.263 e. The van der Waals surface area contributed by atoms with Gasteiger partial charge >= 0.3 is 0 Å². The predicted octanol–water partition coefficient (Wildman–Crippen LogP) is 4.24. The molecule has 0 saturated carbocycles. The zero-order chi connectivity index (χ0) is 20.8. The number of rotatable bonds is 3. The third-order valence-corrected chi connectivity index (χ3v) is 6.97. The number of hydrogen-bond acceptors (Lipinski definition) is 6. The van der Waals surface area contributed by atoms with Gasteiger partial charge in [-0.3, -0.25) is 4.79 Å². The van der Waals surface area contributed by atoms with E-state index in [1.165, 1.54) is 11.3 Å². The van der Waals surface area contributed by atoms with Crippen LogP contribution in [0, 0.1) is 6.92 Å². The Morgan fingerprint density at radius 2 is 1.87 bits per heavy atom. The van der Waals surface area contributed by atoms with E-state index >= 15 is 0 Å². The number of aromatic nitrogens is 3. The zero-order valence-electron chi connectivity index (χ0n) is 17.3. The molecular weight excluding hydrogens is 394 g/mol. The quantitative estimate of drug-likeness (QED) is 0.499. The summed E-state index contributed by atoms with van der Waals surface area (Å²) in [6.07, 6.45) is 2.76. The highest BCUT2D eigenvalue weighted by atomic mass is 32.1. The average Bonchev–Trinajstić information content (AvgIpc) is 3.38. The number of fused-ring (bicyclic) bond motifs is 2. The number of amides is 1. The summed E-state index contributed by atoms with van der Waals surface area (Å²) in [5.74, 6) is 1.23. The highest BCUT2D eigenvalue weighted by Crippen LogP contribution is 2.41. The molecule has 1 amide bonds. The van der Waals surface area contributed by atoms with Crippen molar-refractivity contribution in [2.45, 2.75) is 19.3 Å². The van der Waals surface area contributed by atoms with E-state index in [4.69, 9.17) is 0 Å². The SMILES string of the molecule is Cc1nnc(N2CCC(c3c(C(=O)N(C)C)sc4ncccc34)C2)c2ccccc12. The van der Waals surface area contributed by atoms with Gasteiger partial charge in [0, 0.05) is 55.5 Å². The highest BCUT2D eigenvalue weighted by molar-refractivity contribution is 7.20. The van der Waals surface area contributed by atoms with Crippen molar-refractivity contribution in [2.24, 2.45) is 0 Å². The number of anilines is 1. The van der Waals surface area contributed by atoms with Crippen molar-refractivity contribution in [3.8, 4) is 0 Å². The van der Waals surface area contributed by atoms with Crippen molar-refractivity contribution in [3.05, 3.63) is 58.7 Å². The first-order valence-electron chi connectivity index (χ1n) is 10.1. The monoisotopic (exact) mass is 417 g/mol. The van der Waals surface area contributed by atoms with E-state index in [-0.39, 0.29) is 11.8 Å². The van der Waals surface area contributed by atoms with Crippen LogP contribution in [0.4, 0.5) is 5.82 Å². The lowest BCUT2D eigenvalue weighted by Crippen LogP contribution is -2.24. The fraction of sp³-hybridized carbons (Fsp3) is 0.304. The van der Waals surface area contributed by atoms with Crippen LogP contribution in [0.15, 0.2) is 42.6 Å². The molecule has 0 bridgehead atoms. The molecule has 0 N–H and O–H groups in total. The van der Waals surface area contributed by atoms with Crippen molar-refractivity contribution in [1.82, 2.24) is 20.1 Å². The van der Waals surface area contributed by atoms with Crippen LogP contribution in [0.25, 0.3) is 21.0 Å². The first-order valence-corrected chi connectivity index (χ1v) is 10.9. The molecule has 4 aromatic rings. The van der Waals surface area contributed by atoms with Gasteiger partial charge in [0.1, 0.15) is 4.83 Å². The zero-order valence-corrected chi connectivity index (χ0v) is 18.1. The molecule has 1 saturated heterocycles. The first-order chi connectivity index (χ1) is 14.5. The van der Waals surface area contributed by atoms with Crippen LogP contribution in [-0.4, -0.2) is 53.2 Å². The number of pyridine rings is 1. The second-order valence-electron chi connectivity index (χ2n) is 7.99. The van der Waals surface area contributed by atoms with Crippen LogP contribution in [0.5, 0.6) is 0 Å². The van der Waals surface area contributed by atoms with E-state index in [0.717, 1.165) is 62.5 Å². The van der Waals surface area contributed by atoms with Crippen molar-refractivity contribution in [3.63, 3.8) is 0 Å². The van der Waals surface area contributed by atoms with Gasteiger partial charge in [-0.15, -0.1) is 16.4 Å². The molecule has 1 atom stereocenters. The minimum atomic E-state index is 0.0482. The molecule has 1 unspecified atom stereocenters. The summed E-state index contributed by atoms with van der Waals surface area (Å²) in [5.41, 5.74) is 2.08. The highest BCUT2D eigenvalue weighted by Gasteiger charge is 2.32. The lowest BCUT2D eigenvalue weighted by atomic mass is 9.95. The summed E-state index contributed by atoms with van der Waals surface area (Å²) in [4.78, 5) is 23.1. The average molecular weight is 418 g/mol. The minimum absolute atomic E-state index is 0.0482. The maximum atomic E-state index is 12.9. The number of benzene rings is 1. The third kappa shape index (κ3) is 3.01. The van der Waals surface area contributed by atoms with Crippen LogP contribution < -0.4 is 4.90 Å². The van der Waals surface area contributed by atoms with Gasteiger partial charge in [-0.2, -0.15) is 5.10 Å². The van der Waals surface area contributed by atoms with E-state index in [0.29, 0.717) is 0 Å². The van der Waals surface area contributed by atoms with Gasteiger partial charge in [-0.05, 0) is 25.0 Å². The molecule has 5 rings (SSSR count). The van der Waals surface area contributed by atoms with E-state index in [1.807, 2.05) is 25.1 Å². The Morgan fingerprint density at radius 1 is 1.10 bits per heavy atom. The standard InChI is InChI=1S/C23H23N5OS/c1-14-16-7-4-5-8-17(16)21(26-25-14)28-12-10-15(13-28)19-18-9-6-11-24-22(18)30-20(19)23(29)27(2)3/h4-9,11,15H,10,12-13H2,1-3H3. The summed E-state index contributed by atoms with van der Waals surface area (Å²) in [6.45, 7) is 3.70. The second-order valence-corrected chi connectivity index (χ2v) is 8.99. The lowest BCUT2D eigenvalue weighted by Gasteiger charge is -2.20. The van der Waals surface area contributed by atoms with Crippen molar-refractivity contribution >= 4 is 44.1 Å². The number of carbonyl (C=O) groups excluding carboxylic acids is 1. The van der Waals surface area contributed by atoms with Gasteiger partial charge in [0.15, 0.2) is 5.82 Å². The topological polar surface area (TPSA) is 62.2 Å². The molecule has 4 heterocycles. The predicted molar refractivity (Wildman–Crippen MR) is 121 cm³/mol. The molecule has 1 aliphatic heterocycles. The maximum Gasteiger partial charge on any atom is 0.263 e. The number of aryl methyl sites for hydroxylation is 1. The van der Waals surface area contributed by atoms with E-state index in [2.05, 4.69) is 38.3 Å². The number of carbonyl (C=O) groups is 1. The van der Waals surface area contributed by atoms with Gasteiger partial charge in [0.2, 0.25) is 0 Å². The fourth-order valence-corrected chi connectivity index (χ4v) is 5.62. The Labute approximate surface area is 179 Å². The minimum Gasteiger partial charge on any atom is -0.354 e. The Hall–Kier alpha value is -3.06. The van der Waals surface area contributed by atoms with Gasteiger partial charge in [0.05, 0.1) is 10.6 Å². The summed E-state index contributed by atoms with van der Waals surface area (Å²) >= 11 is 1.50. The van der Waals surface area contributed by atoms with Gasteiger partial charge in [-0.25, -0.2) is 4.98 Å². The van der Waals surface area contributed by atoms with Gasteiger partial charge < -0.3 is 9.80 Å². The Kier molecular flexibility index (Phi) is 4.62. The lowest BCUT2D eigenvalue weighted by molar-refractivity contribution is 0.0831. The Bertz CT molecular complexity index is 1270. The molecule has 0 spiro atoms. The van der Waals surface area contributed by atoms with Crippen molar-refractivity contribution in [2.75, 3.05) is 32.1 Å². The summed E-state index contributed by atoms with van der Waals surface area (Å²) < 4.78 is 0. The molecule has 0 radical (unpaired) electrons. The van der Waals surface area contributed by atoms with E-state index < -0.39 is 0 Å². The molecular formula is C23H23N5OS.